The fourth-order valence-corrected chi connectivity index (χ4v) is 3.58. The van der Waals surface area contributed by atoms with Gasteiger partial charge in [0.25, 0.3) is 0 Å². The molecule has 3 rings (SSSR count). The zero-order valence-corrected chi connectivity index (χ0v) is 17.7. The number of allylic oxidation sites excluding steroid dienone is 1. The van der Waals surface area contributed by atoms with Gasteiger partial charge in [0.05, 0.1) is 5.57 Å². The van der Waals surface area contributed by atoms with E-state index < -0.39 is 35.2 Å². The van der Waals surface area contributed by atoms with Crippen LogP contribution in [0.2, 0.25) is 0 Å². The average Bonchev–Trinajstić information content (AvgIpc) is 3.18. The maximum Gasteiger partial charge on any atom is 0.343 e. The van der Waals surface area contributed by atoms with Gasteiger partial charge < -0.3 is 24.1 Å². The van der Waals surface area contributed by atoms with Crippen molar-refractivity contribution in [2.75, 3.05) is 6.61 Å². The summed E-state index contributed by atoms with van der Waals surface area (Å²) in [5.74, 6) is -1.33. The molecule has 30 heavy (non-hydrogen) atoms. The fraction of sp³-hybridized carbons (Fsp3) is 0.500. The Balaban J connectivity index is 2.14. The van der Waals surface area contributed by atoms with E-state index in [0.717, 1.165) is 0 Å². The van der Waals surface area contributed by atoms with Gasteiger partial charge in [0.2, 0.25) is 0 Å². The number of rotatable bonds is 4. The van der Waals surface area contributed by atoms with Crippen molar-refractivity contribution in [1.82, 2.24) is 0 Å². The molecule has 0 spiro atoms. The third-order valence-electron chi connectivity index (χ3n) is 5.37. The minimum Gasteiger partial charge on any atom is -0.485 e. The highest BCUT2D eigenvalue weighted by Gasteiger charge is 2.47. The zero-order valence-electron chi connectivity index (χ0n) is 17.7. The van der Waals surface area contributed by atoms with E-state index in [1.807, 2.05) is 0 Å². The Kier molecular flexibility index (Phi) is 5.64. The van der Waals surface area contributed by atoms with Gasteiger partial charge in [-0.05, 0) is 33.8 Å². The van der Waals surface area contributed by atoms with Gasteiger partial charge in [-0.3, -0.25) is 4.79 Å². The Bertz CT molecular complexity index is 917. The number of carbonyl (C=O) groups is 3. The van der Waals surface area contributed by atoms with Crippen LogP contribution in [-0.4, -0.2) is 46.9 Å². The Labute approximate surface area is 174 Å². The normalized spacial score (nSPS) is 30.8. The fourth-order valence-electron chi connectivity index (χ4n) is 3.58. The maximum atomic E-state index is 12.6. The van der Waals surface area contributed by atoms with Crippen LogP contribution < -0.4 is 0 Å². The molecule has 0 radical (unpaired) electrons. The van der Waals surface area contributed by atoms with E-state index >= 15 is 0 Å². The van der Waals surface area contributed by atoms with Crippen LogP contribution in [0.15, 0.2) is 46.5 Å². The Morgan fingerprint density at radius 2 is 2.03 bits per heavy atom. The number of esters is 3. The van der Waals surface area contributed by atoms with Gasteiger partial charge in [-0.25, -0.2) is 9.59 Å². The summed E-state index contributed by atoms with van der Waals surface area (Å²) in [5, 5.41) is 11.1. The number of ether oxygens (including phenoxy) is 4. The van der Waals surface area contributed by atoms with Crippen LogP contribution in [0, 0.1) is 0 Å². The summed E-state index contributed by atoms with van der Waals surface area (Å²) in [4.78, 5) is 36.4. The molecule has 0 fully saturated rings. The van der Waals surface area contributed by atoms with E-state index in [4.69, 9.17) is 18.9 Å². The lowest BCUT2D eigenvalue weighted by atomic mass is 9.88. The summed E-state index contributed by atoms with van der Waals surface area (Å²) in [6, 6.07) is 0. The molecular weight excluding hydrogens is 392 g/mol. The van der Waals surface area contributed by atoms with Gasteiger partial charge >= 0.3 is 17.9 Å². The number of hydrogen-bond acceptors (Lipinski definition) is 8. The van der Waals surface area contributed by atoms with Crippen molar-refractivity contribution >= 4 is 17.9 Å². The molecule has 0 aromatic heterocycles. The van der Waals surface area contributed by atoms with Gasteiger partial charge in [0, 0.05) is 37.0 Å². The van der Waals surface area contributed by atoms with Gasteiger partial charge in [0.1, 0.15) is 35.4 Å². The van der Waals surface area contributed by atoms with E-state index in [-0.39, 0.29) is 29.9 Å². The molecule has 1 N–H and O–H groups in total. The molecule has 3 unspecified atom stereocenters. The summed E-state index contributed by atoms with van der Waals surface area (Å²) in [6.45, 7) is 7.55. The molecule has 3 heterocycles. The topological polar surface area (TPSA) is 108 Å². The van der Waals surface area contributed by atoms with Gasteiger partial charge in [0.15, 0.2) is 0 Å². The lowest BCUT2D eigenvalue weighted by Crippen LogP contribution is -2.36. The Morgan fingerprint density at radius 3 is 2.67 bits per heavy atom. The highest BCUT2D eigenvalue weighted by molar-refractivity contribution is 5.96. The summed E-state index contributed by atoms with van der Waals surface area (Å²) < 4.78 is 22.1. The first-order valence-corrected chi connectivity index (χ1v) is 9.73. The summed E-state index contributed by atoms with van der Waals surface area (Å²) in [5.41, 5.74) is -1.61. The van der Waals surface area contributed by atoms with E-state index in [1.165, 1.54) is 6.92 Å². The molecule has 3 aliphatic rings. The second-order valence-electron chi connectivity index (χ2n) is 8.10. The third-order valence-corrected chi connectivity index (χ3v) is 5.37. The lowest BCUT2D eigenvalue weighted by molar-refractivity contribution is -0.145. The van der Waals surface area contributed by atoms with Crippen molar-refractivity contribution < 1.29 is 38.4 Å². The standard InChI is InChI=1S/C22H26O8/c1-6-12(2)19(24)28-16-10-22(5,26)17-7-8-21(4,30-17)9-15-18(16)14(20(25)29-15)11-27-13(3)23/h6-7,9,16,26H,8,10-11H2,1-5H3. The van der Waals surface area contributed by atoms with Gasteiger partial charge in [-0.1, -0.05) is 6.08 Å². The van der Waals surface area contributed by atoms with E-state index in [0.29, 0.717) is 17.8 Å². The third kappa shape index (κ3) is 4.18. The molecule has 3 aliphatic heterocycles. The minimum absolute atomic E-state index is 0.0681. The van der Waals surface area contributed by atoms with Crippen molar-refractivity contribution in [1.29, 1.82) is 0 Å². The van der Waals surface area contributed by atoms with Crippen LogP contribution in [0.25, 0.3) is 0 Å². The molecule has 0 saturated heterocycles. The molecule has 8 nitrogen and oxygen atoms in total. The van der Waals surface area contributed by atoms with Crippen molar-refractivity contribution in [3.8, 4) is 0 Å². The maximum absolute atomic E-state index is 12.6. The Hall–Kier alpha value is -2.87. The monoisotopic (exact) mass is 418 g/mol. The molecule has 3 atom stereocenters. The molecule has 2 bridgehead atoms. The highest BCUT2D eigenvalue weighted by atomic mass is 16.6. The van der Waals surface area contributed by atoms with Crippen molar-refractivity contribution in [3.63, 3.8) is 0 Å². The molecule has 0 amide bonds. The van der Waals surface area contributed by atoms with Gasteiger partial charge in [-0.2, -0.15) is 0 Å². The van der Waals surface area contributed by atoms with Crippen LogP contribution in [-0.2, 0) is 33.3 Å². The van der Waals surface area contributed by atoms with Gasteiger partial charge in [-0.15, -0.1) is 0 Å². The quantitative estimate of drug-likeness (QED) is 0.421. The van der Waals surface area contributed by atoms with Crippen molar-refractivity contribution in [2.24, 2.45) is 0 Å². The smallest absolute Gasteiger partial charge is 0.343 e. The van der Waals surface area contributed by atoms with E-state index in [2.05, 4.69) is 0 Å². The van der Waals surface area contributed by atoms with E-state index in [9.17, 15) is 19.5 Å². The molecule has 0 aromatic rings. The summed E-state index contributed by atoms with van der Waals surface area (Å²) >= 11 is 0. The first-order valence-electron chi connectivity index (χ1n) is 9.73. The SMILES string of the molecule is CC=C(C)C(=O)OC1CC(C)(O)C2=CCC(C)(C=C3OC(=O)C(COC(C)=O)=C31)O2. The lowest BCUT2D eigenvalue weighted by Gasteiger charge is -2.30. The first kappa shape index (κ1) is 21.8. The average molecular weight is 418 g/mol. The number of carbonyl (C=O) groups excluding carboxylic acids is 3. The summed E-state index contributed by atoms with van der Waals surface area (Å²) in [7, 11) is 0. The zero-order chi connectivity index (χ0) is 22.3. The van der Waals surface area contributed by atoms with Crippen LogP contribution in [0.4, 0.5) is 0 Å². The molecule has 0 aliphatic carbocycles. The second kappa shape index (κ2) is 7.75. The largest absolute Gasteiger partial charge is 0.485 e. The molecule has 8 heteroatoms. The molecule has 0 aromatic carbocycles. The predicted molar refractivity (Wildman–Crippen MR) is 105 cm³/mol. The number of aliphatic hydroxyl groups is 1. The number of hydrogen-bond donors (Lipinski definition) is 1. The van der Waals surface area contributed by atoms with Crippen molar-refractivity contribution in [2.45, 2.75) is 64.8 Å². The van der Waals surface area contributed by atoms with Crippen molar-refractivity contribution in [3.05, 3.63) is 46.5 Å². The van der Waals surface area contributed by atoms with E-state index in [1.54, 1.807) is 45.9 Å². The highest BCUT2D eigenvalue weighted by Crippen LogP contribution is 2.44. The predicted octanol–water partition coefficient (Wildman–Crippen LogP) is 2.38. The number of fused-ring (bicyclic) bond motifs is 3. The van der Waals surface area contributed by atoms with Crippen LogP contribution in [0.1, 0.15) is 47.5 Å². The molecule has 162 valence electrons. The second-order valence-corrected chi connectivity index (χ2v) is 8.10. The van der Waals surface area contributed by atoms with Crippen LogP contribution in [0.3, 0.4) is 0 Å². The summed E-state index contributed by atoms with van der Waals surface area (Å²) in [6.07, 6.45) is 4.37. The van der Waals surface area contributed by atoms with Crippen LogP contribution >= 0.6 is 0 Å². The first-order chi connectivity index (χ1) is 14.0. The molecule has 0 saturated carbocycles. The minimum atomic E-state index is -1.47. The van der Waals surface area contributed by atoms with Crippen LogP contribution in [0.5, 0.6) is 0 Å². The molecular formula is C22H26O8. The Morgan fingerprint density at radius 1 is 1.33 bits per heavy atom.